The van der Waals surface area contributed by atoms with Crippen LogP contribution in [0.2, 0.25) is 0 Å². The molecule has 3 nitrogen and oxygen atoms in total. The molecule has 0 bridgehead atoms. The number of methoxy groups -OCH3 is 1. The molecule has 1 rings (SSSR count). The number of hydrogen-bond acceptors (Lipinski definition) is 3. The van der Waals surface area contributed by atoms with Gasteiger partial charge in [0.05, 0.1) is 18.3 Å². The van der Waals surface area contributed by atoms with Crippen molar-refractivity contribution in [1.29, 1.82) is 0 Å². The van der Waals surface area contributed by atoms with Gasteiger partial charge in [-0.1, -0.05) is 62.9 Å². The molecule has 1 fully saturated rings. The number of hydrogen-bond donors (Lipinski definition) is 0. The van der Waals surface area contributed by atoms with Gasteiger partial charge in [0.25, 0.3) is 0 Å². The molecular formula is C17H33IO3. The molecule has 1 heterocycles. The van der Waals surface area contributed by atoms with Crippen molar-refractivity contribution < 1.29 is 15.6 Å². The zero-order valence-electron chi connectivity index (χ0n) is 15.6. The van der Waals surface area contributed by atoms with E-state index in [0.29, 0.717) is 11.8 Å². The Balaban J connectivity index is 0.00000211. The van der Waals surface area contributed by atoms with Gasteiger partial charge in [0.2, 0.25) is 0 Å². The topological polar surface area (TPSA) is 27.7 Å². The van der Waals surface area contributed by atoms with Crippen LogP contribution in [0.5, 0.6) is 0 Å². The van der Waals surface area contributed by atoms with Gasteiger partial charge in [-0.05, 0) is 26.2 Å². The van der Waals surface area contributed by atoms with E-state index >= 15 is 0 Å². The van der Waals surface area contributed by atoms with E-state index in [4.69, 9.17) is 15.6 Å². The minimum absolute atomic E-state index is 0.126. The minimum Gasteiger partial charge on any atom is -0.377 e. The van der Waals surface area contributed by atoms with E-state index in [1.807, 2.05) is 13.8 Å². The molecule has 0 aliphatic carbocycles. The van der Waals surface area contributed by atoms with Gasteiger partial charge in [0.1, 0.15) is 0 Å². The van der Waals surface area contributed by atoms with Crippen LogP contribution in [0.3, 0.4) is 0 Å². The molecule has 0 N–H and O–H groups in total. The van der Waals surface area contributed by atoms with Crippen molar-refractivity contribution in [2.75, 3.05) is 11.5 Å². The monoisotopic (exact) mass is 414 g/mol. The zero-order chi connectivity index (χ0) is 17.3. The lowest BCUT2D eigenvalue weighted by Crippen LogP contribution is -2.29. The van der Waals surface area contributed by atoms with Crippen LogP contribution in [0, 0.1) is 11.8 Å². The Morgan fingerprint density at radius 2 is 1.90 bits per heavy atom. The molecule has 4 heteroatoms. The van der Waals surface area contributed by atoms with Crippen molar-refractivity contribution in [3.63, 3.8) is 0 Å². The van der Waals surface area contributed by atoms with Crippen LogP contribution in [-0.2, 0) is 14.2 Å². The first-order valence-corrected chi connectivity index (χ1v) is 8.96. The maximum absolute atomic E-state index is 6.08. The lowest BCUT2D eigenvalue weighted by molar-refractivity contribution is -0.148. The van der Waals surface area contributed by atoms with Crippen molar-refractivity contribution in [2.45, 2.75) is 72.5 Å². The lowest BCUT2D eigenvalue weighted by atomic mass is 9.96. The summed E-state index contributed by atoms with van der Waals surface area (Å²) in [4.78, 5) is 0. The first kappa shape index (κ1) is 19.4. The molecule has 21 heavy (non-hydrogen) atoms. The minimum atomic E-state index is -0.470. The Morgan fingerprint density at radius 3 is 2.38 bits per heavy atom. The molecule has 0 saturated carbocycles. The summed E-state index contributed by atoms with van der Waals surface area (Å²) in [7, 11) is 3.01. The molecule has 0 aromatic heterocycles. The van der Waals surface area contributed by atoms with Crippen molar-refractivity contribution >= 4 is 22.6 Å². The second-order valence-corrected chi connectivity index (χ2v) is 7.38. The summed E-state index contributed by atoms with van der Waals surface area (Å²) in [6, 6.07) is 0. The lowest BCUT2D eigenvalue weighted by Gasteiger charge is -2.22. The molecule has 4 atom stereocenters. The number of rotatable bonds is 7. The fourth-order valence-corrected chi connectivity index (χ4v) is 3.22. The first-order valence-electron chi connectivity index (χ1n) is 8.43. The Bertz CT molecular complexity index is 321. The molecule has 1 saturated heterocycles. The average molecular weight is 414 g/mol. The highest BCUT2D eigenvalue weighted by Gasteiger charge is 2.42. The van der Waals surface area contributed by atoms with E-state index in [1.54, 1.807) is 7.11 Å². The quantitative estimate of drug-likeness (QED) is 0.339. The maximum Gasteiger partial charge on any atom is 0.163 e. The second kappa shape index (κ2) is 9.48. The van der Waals surface area contributed by atoms with Gasteiger partial charge in [-0.25, -0.2) is 0 Å². The van der Waals surface area contributed by atoms with Crippen LogP contribution < -0.4 is 0 Å². The summed E-state index contributed by atoms with van der Waals surface area (Å²) >= 11 is 2.40. The van der Waals surface area contributed by atoms with Crippen LogP contribution in [0.15, 0.2) is 12.2 Å². The summed E-state index contributed by atoms with van der Waals surface area (Å²) in [6.45, 7) is 10.5. The highest BCUT2D eigenvalue weighted by Crippen LogP contribution is 2.34. The van der Waals surface area contributed by atoms with E-state index in [-0.39, 0.29) is 18.3 Å². The summed E-state index contributed by atoms with van der Waals surface area (Å²) in [5.74, 6) is 0.328. The van der Waals surface area contributed by atoms with Gasteiger partial charge in [-0.2, -0.15) is 0 Å². The normalized spacial score (nSPS) is 28.1. The molecule has 0 aromatic rings. The highest BCUT2D eigenvalue weighted by atomic mass is 127. The van der Waals surface area contributed by atoms with Gasteiger partial charge < -0.3 is 14.2 Å². The molecule has 0 radical (unpaired) electrons. The summed E-state index contributed by atoms with van der Waals surface area (Å²) in [6.07, 6.45) is 5.87. The third-order valence-electron chi connectivity index (χ3n) is 3.67. The van der Waals surface area contributed by atoms with Gasteiger partial charge >= 0.3 is 0 Å². The number of alkyl halides is 1. The molecule has 126 valence electrons. The SMILES string of the molecule is CO[C@H](/C=C\C(C)[C@H]1OC(C)(C)O[C@H]1CCI)C(C)C.[3H]C. The number of halogens is 1. The van der Waals surface area contributed by atoms with E-state index in [0.717, 1.165) is 10.8 Å². The van der Waals surface area contributed by atoms with Gasteiger partial charge in [-0.15, -0.1) is 0 Å². The van der Waals surface area contributed by atoms with E-state index in [9.17, 15) is 0 Å². The molecule has 1 aliphatic rings. The molecule has 1 unspecified atom stereocenters. The van der Waals surface area contributed by atoms with Crippen molar-refractivity contribution in [3.05, 3.63) is 12.2 Å². The summed E-state index contributed by atoms with van der Waals surface area (Å²) in [5, 5.41) is 0. The van der Waals surface area contributed by atoms with Gasteiger partial charge in [-0.3, -0.25) is 0 Å². The van der Waals surface area contributed by atoms with E-state index in [1.165, 1.54) is 7.40 Å². The fraction of sp³-hybridized carbons (Fsp3) is 0.882. The molecule has 0 amide bonds. The third kappa shape index (κ3) is 6.55. The predicted octanol–water partition coefficient (Wildman–Crippen LogP) is 4.83. The predicted molar refractivity (Wildman–Crippen MR) is 98.0 cm³/mol. The van der Waals surface area contributed by atoms with Crippen LogP contribution >= 0.6 is 22.6 Å². The molecule has 1 aliphatic heterocycles. The fourth-order valence-electron chi connectivity index (χ4n) is 2.61. The Kier molecular flexibility index (Phi) is 8.76. The Morgan fingerprint density at radius 1 is 1.29 bits per heavy atom. The molecular weight excluding hydrogens is 379 g/mol. The second-order valence-electron chi connectivity index (χ2n) is 6.30. The smallest absolute Gasteiger partial charge is 0.163 e. The van der Waals surface area contributed by atoms with Crippen LogP contribution in [0.1, 0.15) is 49.8 Å². The van der Waals surface area contributed by atoms with E-state index < -0.39 is 5.79 Å². The van der Waals surface area contributed by atoms with Crippen molar-refractivity contribution in [1.82, 2.24) is 0 Å². The Labute approximate surface area is 146 Å². The average Bonchev–Trinajstić information content (AvgIpc) is 2.76. The molecule has 0 aromatic carbocycles. The molecule has 0 spiro atoms. The van der Waals surface area contributed by atoms with Crippen LogP contribution in [-0.4, -0.2) is 35.6 Å². The largest absolute Gasteiger partial charge is 0.377 e. The first-order chi connectivity index (χ1) is 10.3. The van der Waals surface area contributed by atoms with E-state index in [2.05, 4.69) is 55.5 Å². The number of ether oxygens (including phenoxy) is 3. The standard InChI is InChI=1S/C16H29IO3.CH4/c1-11(2)13(18-6)8-7-12(3)15-14(9-10-17)19-16(4,5)20-15;/h7-8,11-15H,9-10H2,1-6H3;1H4/b8-7-;/t12?,13-,14+,15-;/m1./s1/i;1T. The van der Waals surface area contributed by atoms with Crippen LogP contribution in [0.4, 0.5) is 0 Å². The van der Waals surface area contributed by atoms with Crippen LogP contribution in [0.25, 0.3) is 0 Å². The third-order valence-corrected chi connectivity index (χ3v) is 4.29. The van der Waals surface area contributed by atoms with Gasteiger partial charge in [0.15, 0.2) is 5.79 Å². The van der Waals surface area contributed by atoms with Crippen molar-refractivity contribution in [2.24, 2.45) is 11.8 Å². The zero-order valence-corrected chi connectivity index (χ0v) is 16.7. The van der Waals surface area contributed by atoms with Gasteiger partial charge in [0, 0.05) is 18.8 Å². The maximum atomic E-state index is 6.08. The summed E-state index contributed by atoms with van der Waals surface area (Å²) in [5.41, 5.74) is 0. The Hall–Kier alpha value is 0.350. The summed E-state index contributed by atoms with van der Waals surface area (Å²) < 4.78 is 24.4. The van der Waals surface area contributed by atoms with Crippen molar-refractivity contribution in [3.8, 4) is 0 Å². The highest BCUT2D eigenvalue weighted by molar-refractivity contribution is 14.1.